The van der Waals surface area contributed by atoms with Crippen LogP contribution in [0, 0.1) is 5.92 Å². The van der Waals surface area contributed by atoms with Crippen molar-refractivity contribution in [2.24, 2.45) is 5.92 Å². The molecule has 2 amide bonds. The summed E-state index contributed by atoms with van der Waals surface area (Å²) < 4.78 is 5.37. The largest absolute Gasteiger partial charge is 0.494 e. The molecule has 1 aliphatic rings. The summed E-state index contributed by atoms with van der Waals surface area (Å²) in [6.07, 6.45) is 2.59. The van der Waals surface area contributed by atoms with Crippen molar-refractivity contribution in [3.8, 4) is 5.75 Å². The van der Waals surface area contributed by atoms with Crippen molar-refractivity contribution < 1.29 is 9.53 Å². The molecule has 1 aromatic rings. The van der Waals surface area contributed by atoms with Gasteiger partial charge in [-0.1, -0.05) is 6.92 Å². The quantitative estimate of drug-likeness (QED) is 0.849. The molecule has 1 aliphatic heterocycles. The van der Waals surface area contributed by atoms with Gasteiger partial charge in [0.25, 0.3) is 0 Å². The Bertz CT molecular complexity index is 461. The fourth-order valence-electron chi connectivity index (χ4n) is 2.79. The summed E-state index contributed by atoms with van der Waals surface area (Å²) in [6.45, 7) is 8.76. The first-order chi connectivity index (χ1) is 10.7. The lowest BCUT2D eigenvalue weighted by Crippen LogP contribution is -2.41. The Kier molecular flexibility index (Phi) is 6.52. The van der Waals surface area contributed by atoms with Crippen LogP contribution in [0.15, 0.2) is 24.3 Å². The van der Waals surface area contributed by atoms with E-state index in [0.717, 1.165) is 37.0 Å². The Morgan fingerprint density at radius 2 is 2.14 bits per heavy atom. The fourth-order valence-corrected chi connectivity index (χ4v) is 2.79. The van der Waals surface area contributed by atoms with Crippen LogP contribution in [0.5, 0.6) is 5.75 Å². The Balaban J connectivity index is 1.66. The number of piperidine rings is 1. The molecule has 122 valence electrons. The normalized spacial score (nSPS) is 18.7. The lowest BCUT2D eigenvalue weighted by atomic mass is 10.0. The van der Waals surface area contributed by atoms with E-state index < -0.39 is 0 Å². The van der Waals surface area contributed by atoms with Crippen LogP contribution in [0.1, 0.15) is 26.7 Å². The summed E-state index contributed by atoms with van der Waals surface area (Å²) in [6, 6.07) is 7.24. The van der Waals surface area contributed by atoms with Crippen molar-refractivity contribution in [2.75, 3.05) is 38.1 Å². The van der Waals surface area contributed by atoms with E-state index in [-0.39, 0.29) is 6.03 Å². The Morgan fingerprint density at radius 1 is 1.36 bits per heavy atom. The zero-order valence-electron chi connectivity index (χ0n) is 13.6. The molecular weight excluding hydrogens is 278 g/mol. The number of benzene rings is 1. The first-order valence-electron chi connectivity index (χ1n) is 8.17. The van der Waals surface area contributed by atoms with Gasteiger partial charge in [0.05, 0.1) is 6.61 Å². The molecule has 0 saturated carbocycles. The minimum atomic E-state index is -0.158. The number of nitrogens with one attached hydrogen (secondary N) is 2. The molecule has 5 nitrogen and oxygen atoms in total. The third-order valence-electron chi connectivity index (χ3n) is 3.88. The van der Waals surface area contributed by atoms with Crippen LogP contribution in [0.4, 0.5) is 10.5 Å². The van der Waals surface area contributed by atoms with Crippen LogP contribution in [0.2, 0.25) is 0 Å². The van der Waals surface area contributed by atoms with Crippen LogP contribution in [0.25, 0.3) is 0 Å². The number of anilines is 1. The summed E-state index contributed by atoms with van der Waals surface area (Å²) >= 11 is 0. The third-order valence-corrected chi connectivity index (χ3v) is 3.88. The van der Waals surface area contributed by atoms with E-state index in [1.165, 1.54) is 12.8 Å². The van der Waals surface area contributed by atoms with Gasteiger partial charge in [-0.2, -0.15) is 0 Å². The van der Waals surface area contributed by atoms with Gasteiger partial charge in [0.1, 0.15) is 5.75 Å². The first-order valence-corrected chi connectivity index (χ1v) is 8.17. The summed E-state index contributed by atoms with van der Waals surface area (Å²) in [5.41, 5.74) is 0.771. The highest BCUT2D eigenvalue weighted by molar-refractivity contribution is 5.89. The number of rotatable bonds is 6. The maximum Gasteiger partial charge on any atom is 0.319 e. The highest BCUT2D eigenvalue weighted by Crippen LogP contribution is 2.16. The second-order valence-electron chi connectivity index (χ2n) is 5.89. The van der Waals surface area contributed by atoms with Crippen molar-refractivity contribution >= 4 is 11.7 Å². The van der Waals surface area contributed by atoms with Crippen molar-refractivity contribution in [3.05, 3.63) is 24.3 Å². The Morgan fingerprint density at radius 3 is 2.82 bits per heavy atom. The van der Waals surface area contributed by atoms with E-state index in [0.29, 0.717) is 13.2 Å². The molecule has 1 fully saturated rings. The summed E-state index contributed by atoms with van der Waals surface area (Å²) in [4.78, 5) is 14.3. The van der Waals surface area contributed by atoms with Gasteiger partial charge in [0, 0.05) is 25.3 Å². The van der Waals surface area contributed by atoms with Crippen molar-refractivity contribution in [1.29, 1.82) is 0 Å². The Hall–Kier alpha value is -1.75. The smallest absolute Gasteiger partial charge is 0.319 e. The lowest BCUT2D eigenvalue weighted by Gasteiger charge is -2.30. The van der Waals surface area contributed by atoms with Gasteiger partial charge < -0.3 is 20.3 Å². The number of ether oxygens (including phenoxy) is 1. The molecular formula is C17H27N3O2. The zero-order chi connectivity index (χ0) is 15.8. The topological polar surface area (TPSA) is 53.6 Å². The molecule has 1 unspecified atom stereocenters. The van der Waals surface area contributed by atoms with E-state index in [9.17, 15) is 4.79 Å². The number of amides is 2. The number of carbonyl (C=O) groups is 1. The van der Waals surface area contributed by atoms with E-state index in [1.807, 2.05) is 31.2 Å². The van der Waals surface area contributed by atoms with Gasteiger partial charge in [-0.25, -0.2) is 4.79 Å². The molecule has 1 heterocycles. The van der Waals surface area contributed by atoms with Gasteiger partial charge in [-0.3, -0.25) is 0 Å². The fraction of sp³-hybridized carbons (Fsp3) is 0.588. The number of nitrogens with zero attached hydrogens (tertiary/aromatic N) is 1. The SMILES string of the molecule is CCOc1ccc(NC(=O)NCCN2CCCC(C)C2)cc1. The van der Waals surface area contributed by atoms with Crippen molar-refractivity contribution in [1.82, 2.24) is 10.2 Å². The van der Waals surface area contributed by atoms with E-state index in [2.05, 4.69) is 22.5 Å². The molecule has 22 heavy (non-hydrogen) atoms. The van der Waals surface area contributed by atoms with E-state index in [1.54, 1.807) is 0 Å². The first kappa shape index (κ1) is 16.6. The monoisotopic (exact) mass is 305 g/mol. The molecule has 0 aliphatic carbocycles. The standard InChI is InChI=1S/C17H27N3O2/c1-3-22-16-8-6-15(7-9-16)19-17(21)18-10-12-20-11-4-5-14(2)13-20/h6-9,14H,3-5,10-13H2,1-2H3,(H2,18,19,21). The van der Waals surface area contributed by atoms with Crippen molar-refractivity contribution in [2.45, 2.75) is 26.7 Å². The second kappa shape index (κ2) is 8.63. The van der Waals surface area contributed by atoms with Crippen molar-refractivity contribution in [3.63, 3.8) is 0 Å². The van der Waals surface area contributed by atoms with Gasteiger partial charge in [-0.15, -0.1) is 0 Å². The van der Waals surface area contributed by atoms with Gasteiger partial charge >= 0.3 is 6.03 Å². The predicted molar refractivity (Wildman–Crippen MR) is 89.5 cm³/mol. The maximum atomic E-state index is 11.9. The average molecular weight is 305 g/mol. The molecule has 0 spiro atoms. The van der Waals surface area contributed by atoms with Gasteiger partial charge in [0.2, 0.25) is 0 Å². The highest BCUT2D eigenvalue weighted by Gasteiger charge is 2.15. The molecule has 0 radical (unpaired) electrons. The highest BCUT2D eigenvalue weighted by atomic mass is 16.5. The van der Waals surface area contributed by atoms with E-state index >= 15 is 0 Å². The maximum absolute atomic E-state index is 11.9. The van der Waals surface area contributed by atoms with Crippen LogP contribution in [-0.4, -0.2) is 43.7 Å². The molecule has 2 N–H and O–H groups in total. The second-order valence-corrected chi connectivity index (χ2v) is 5.89. The minimum absolute atomic E-state index is 0.158. The van der Waals surface area contributed by atoms with Crippen LogP contribution >= 0.6 is 0 Å². The molecule has 2 rings (SSSR count). The van der Waals surface area contributed by atoms with Crippen LogP contribution in [0.3, 0.4) is 0 Å². The molecule has 0 aromatic heterocycles. The third kappa shape index (κ3) is 5.56. The zero-order valence-corrected chi connectivity index (χ0v) is 13.6. The van der Waals surface area contributed by atoms with Gasteiger partial charge in [-0.05, 0) is 56.5 Å². The minimum Gasteiger partial charge on any atom is -0.494 e. The Labute approximate surface area is 133 Å². The van der Waals surface area contributed by atoms with E-state index in [4.69, 9.17) is 4.74 Å². The molecule has 5 heteroatoms. The molecule has 0 bridgehead atoms. The summed E-state index contributed by atoms with van der Waals surface area (Å²) in [5, 5.41) is 5.74. The number of urea groups is 1. The number of hydrogen-bond donors (Lipinski definition) is 2. The van der Waals surface area contributed by atoms with Crippen LogP contribution in [-0.2, 0) is 0 Å². The summed E-state index contributed by atoms with van der Waals surface area (Å²) in [5.74, 6) is 1.58. The van der Waals surface area contributed by atoms with Crippen LogP contribution < -0.4 is 15.4 Å². The molecule has 1 saturated heterocycles. The van der Waals surface area contributed by atoms with Gasteiger partial charge in [0.15, 0.2) is 0 Å². The number of likely N-dealkylation sites (tertiary alicyclic amines) is 1. The average Bonchev–Trinajstić information content (AvgIpc) is 2.50. The number of carbonyl (C=O) groups excluding carboxylic acids is 1. The summed E-state index contributed by atoms with van der Waals surface area (Å²) in [7, 11) is 0. The lowest BCUT2D eigenvalue weighted by molar-refractivity contribution is 0.184. The predicted octanol–water partition coefficient (Wildman–Crippen LogP) is 2.94. The number of hydrogen-bond acceptors (Lipinski definition) is 3. The molecule has 1 aromatic carbocycles. The molecule has 1 atom stereocenters.